The summed E-state index contributed by atoms with van der Waals surface area (Å²) in [7, 11) is 6.54. The Balaban J connectivity index is 1.39. The maximum atomic E-state index is 10.7. The van der Waals surface area contributed by atoms with Gasteiger partial charge in [-0.25, -0.2) is 0 Å². The van der Waals surface area contributed by atoms with Gasteiger partial charge in [-0.15, -0.1) is 0 Å². The molecule has 0 saturated carbocycles. The van der Waals surface area contributed by atoms with Crippen molar-refractivity contribution in [2.24, 2.45) is 0 Å². The van der Waals surface area contributed by atoms with Crippen LogP contribution in [-0.2, 0) is 18.9 Å². The lowest BCUT2D eigenvalue weighted by Gasteiger charge is -2.30. The zero-order chi connectivity index (χ0) is 42.8. The molecule has 0 aromatic rings. The quantitative estimate of drug-likeness (QED) is 0.0265. The topological polar surface area (TPSA) is 83.9 Å². The summed E-state index contributed by atoms with van der Waals surface area (Å²) < 4.78 is 29.1. The molecule has 2 fully saturated rings. The molecule has 2 rings (SSSR count). The van der Waals surface area contributed by atoms with Gasteiger partial charge in [-0.1, -0.05) is 164 Å². The van der Waals surface area contributed by atoms with Gasteiger partial charge in [-0.3, -0.25) is 0 Å². The average molecular weight is 958 g/mol. The van der Waals surface area contributed by atoms with E-state index in [0.717, 1.165) is 102 Å². The first-order valence-electron chi connectivity index (χ1n) is 25.4. The van der Waals surface area contributed by atoms with Gasteiger partial charge < -0.3 is 38.3 Å². The Kier molecular flexibility index (Phi) is 42.6. The number of nitrogens with zero attached hydrogens (tertiary/aromatic N) is 2. The molecule has 0 radical (unpaired) electrons. The van der Waals surface area contributed by atoms with E-state index < -0.39 is 19.4 Å². The van der Waals surface area contributed by atoms with Crippen molar-refractivity contribution >= 4 is 60.6 Å². The molecule has 4 unspecified atom stereocenters. The summed E-state index contributed by atoms with van der Waals surface area (Å²) in [6.07, 6.45) is 38.3. The number of ether oxygens (including phenoxy) is 4. The van der Waals surface area contributed by atoms with Crippen LogP contribution in [0.5, 0.6) is 0 Å². The number of hydrogen-bond donors (Lipinski definition) is 2. The minimum absolute atomic E-state index is 0.129. The lowest BCUT2D eigenvalue weighted by molar-refractivity contribution is -0.0975. The van der Waals surface area contributed by atoms with E-state index in [1.54, 1.807) is 0 Å². The lowest BCUT2D eigenvalue weighted by Crippen LogP contribution is -2.41. The Labute approximate surface area is 391 Å². The molecular weight excluding hydrogens is 861 g/mol. The number of hydrogen-bond acceptors (Lipinski definition) is 12. The van der Waals surface area contributed by atoms with Crippen LogP contribution in [0.1, 0.15) is 206 Å². The molecule has 0 aliphatic carbocycles. The summed E-state index contributed by atoms with van der Waals surface area (Å²) in [5.41, 5.74) is -0.258. The van der Waals surface area contributed by atoms with E-state index in [-0.39, 0.29) is 23.7 Å². The summed E-state index contributed by atoms with van der Waals surface area (Å²) in [5, 5.41) is 21.3. The van der Waals surface area contributed by atoms with Crippen LogP contribution in [0, 0.1) is 0 Å². The minimum atomic E-state index is -0.618. The molecule has 0 aromatic heterocycles. The van der Waals surface area contributed by atoms with E-state index in [2.05, 4.69) is 23.0 Å². The van der Waals surface area contributed by atoms with Crippen LogP contribution in [0.25, 0.3) is 0 Å². The molecule has 2 N–H and O–H groups in total. The Morgan fingerprint density at radius 1 is 0.450 bits per heavy atom. The van der Waals surface area contributed by atoms with Gasteiger partial charge in [0.1, 0.15) is 32.9 Å². The normalized spacial score (nSPS) is 22.0. The molecule has 4 atom stereocenters. The van der Waals surface area contributed by atoms with Crippen LogP contribution >= 0.6 is 41.2 Å². The molecule has 2 aliphatic heterocycles. The Morgan fingerprint density at radius 3 is 1.17 bits per heavy atom. The molecule has 2 saturated heterocycles. The third kappa shape index (κ3) is 36.7. The Hall–Kier alpha value is 1.51. The summed E-state index contributed by atoms with van der Waals surface area (Å²) in [4.78, 5) is 0. The molecule has 0 bridgehead atoms. The number of rotatable bonds is 41. The monoisotopic (exact) mass is 957 g/mol. The fourth-order valence-corrected chi connectivity index (χ4v) is 18.0. The minimum Gasteiger partial charge on any atom is -0.396 e. The van der Waals surface area contributed by atoms with Gasteiger partial charge in [0, 0.05) is 24.7 Å². The van der Waals surface area contributed by atoms with Crippen LogP contribution in [0.2, 0.25) is 0 Å². The number of unbranched alkanes of at least 4 members (excludes halogenated alkanes) is 20. The summed E-state index contributed by atoms with van der Waals surface area (Å²) in [6, 6.07) is 0. The summed E-state index contributed by atoms with van der Waals surface area (Å²) >= 11 is 0. The molecule has 0 amide bonds. The van der Waals surface area contributed by atoms with E-state index in [1.807, 2.05) is 41.2 Å². The van der Waals surface area contributed by atoms with Crippen molar-refractivity contribution in [1.82, 2.24) is 9.13 Å². The van der Waals surface area contributed by atoms with Gasteiger partial charge in [0.2, 0.25) is 0 Å². The highest BCUT2D eigenvalue weighted by molar-refractivity contribution is 9.26. The maximum Gasteiger partial charge on any atom is 0.147 e. The number of aliphatic hydroxyl groups is 2. The second-order valence-corrected chi connectivity index (χ2v) is 28.5. The SMILES string of the molecule is CCCCCCCCCCCCCOCOC1CCC(O)[SiH2]N(CCCSSSSCCCN2CCC(OCOCCCCCCCCCCCCC)CCC(O)[SiH2]2)CC1. The van der Waals surface area contributed by atoms with E-state index >= 15 is 0 Å². The first-order valence-corrected chi connectivity index (χ1v) is 33.4. The highest BCUT2D eigenvalue weighted by atomic mass is 33.7. The standard InChI is InChI=1S/C46H96N2O6S4Si2/c1-3-5-7-9-11-13-15-17-19-21-23-37-51-41-53-43-27-29-45(49)59-47(35-31-43)33-25-39-55-57-58-56-40-26-34-48-36-32-44(28-30-46(50)60-48)54-42-52-38-24-22-20-18-16-14-12-10-8-6-4-2/h43-46,49-50H,3-42,59-60H2,1-2H3. The van der Waals surface area contributed by atoms with E-state index in [1.165, 1.54) is 141 Å². The van der Waals surface area contributed by atoms with Crippen molar-refractivity contribution in [2.45, 2.75) is 230 Å². The van der Waals surface area contributed by atoms with Gasteiger partial charge in [-0.2, -0.15) is 0 Å². The third-order valence-electron chi connectivity index (χ3n) is 12.2. The largest absolute Gasteiger partial charge is 0.396 e. The fourth-order valence-electron chi connectivity index (χ4n) is 8.34. The second-order valence-electron chi connectivity index (χ2n) is 17.8. The summed E-state index contributed by atoms with van der Waals surface area (Å²) in [5.74, 6) is 2.30. The average Bonchev–Trinajstić information content (AvgIpc) is 3.23. The van der Waals surface area contributed by atoms with Gasteiger partial charge in [0.05, 0.1) is 23.7 Å². The first-order chi connectivity index (χ1) is 29.6. The fraction of sp³-hybridized carbons (Fsp3) is 1.00. The zero-order valence-corrected chi connectivity index (χ0v) is 45.2. The van der Waals surface area contributed by atoms with Crippen LogP contribution < -0.4 is 0 Å². The Bertz CT molecular complexity index is 833. The van der Waals surface area contributed by atoms with Crippen LogP contribution in [0.4, 0.5) is 0 Å². The van der Waals surface area contributed by atoms with Crippen LogP contribution in [0.15, 0.2) is 0 Å². The van der Waals surface area contributed by atoms with Gasteiger partial charge >= 0.3 is 0 Å². The third-order valence-corrected chi connectivity index (χ3v) is 22.8. The van der Waals surface area contributed by atoms with Crippen molar-refractivity contribution in [3.05, 3.63) is 0 Å². The molecule has 0 spiro atoms. The zero-order valence-electron chi connectivity index (χ0n) is 39.1. The Morgan fingerprint density at radius 2 is 0.800 bits per heavy atom. The van der Waals surface area contributed by atoms with Crippen LogP contribution in [-0.4, -0.2) is 127 Å². The summed E-state index contributed by atoms with van der Waals surface area (Å²) in [6.45, 7) is 11.3. The second kappa shape index (κ2) is 44.4. The molecule has 60 heavy (non-hydrogen) atoms. The van der Waals surface area contributed by atoms with Gasteiger partial charge in [-0.05, 0) is 110 Å². The maximum absolute atomic E-state index is 10.7. The van der Waals surface area contributed by atoms with Crippen LogP contribution in [0.3, 0.4) is 0 Å². The van der Waals surface area contributed by atoms with E-state index in [4.69, 9.17) is 18.9 Å². The highest BCUT2D eigenvalue weighted by Gasteiger charge is 2.22. The molecule has 358 valence electrons. The molecule has 2 aliphatic rings. The molecule has 14 heteroatoms. The predicted octanol–water partition coefficient (Wildman–Crippen LogP) is 11.6. The lowest BCUT2D eigenvalue weighted by atomic mass is 10.1. The molecule has 0 aromatic carbocycles. The van der Waals surface area contributed by atoms with Crippen molar-refractivity contribution < 1.29 is 29.2 Å². The number of aliphatic hydroxyl groups excluding tert-OH is 2. The van der Waals surface area contributed by atoms with Crippen molar-refractivity contribution in [3.63, 3.8) is 0 Å². The molecule has 2 heterocycles. The smallest absolute Gasteiger partial charge is 0.147 e. The highest BCUT2D eigenvalue weighted by Crippen LogP contribution is 2.43. The molecule has 8 nitrogen and oxygen atoms in total. The van der Waals surface area contributed by atoms with E-state index in [9.17, 15) is 10.2 Å². The van der Waals surface area contributed by atoms with Crippen molar-refractivity contribution in [2.75, 3.05) is 64.5 Å². The van der Waals surface area contributed by atoms with Crippen molar-refractivity contribution in [3.8, 4) is 0 Å². The van der Waals surface area contributed by atoms with E-state index in [0.29, 0.717) is 13.6 Å². The predicted molar refractivity (Wildman–Crippen MR) is 274 cm³/mol. The van der Waals surface area contributed by atoms with Gasteiger partial charge in [0.25, 0.3) is 0 Å². The first kappa shape index (κ1) is 57.6. The molecular formula is C46H96N2O6S4Si2. The van der Waals surface area contributed by atoms with Gasteiger partial charge in [0.15, 0.2) is 0 Å². The van der Waals surface area contributed by atoms with Crippen molar-refractivity contribution in [1.29, 1.82) is 0 Å².